The number of nitrogens with zero attached hydrogens (tertiary/aromatic N) is 1. The zero-order valence-electron chi connectivity index (χ0n) is 14.2. The number of amides is 1. The molecule has 2 aromatic carbocycles. The molecular formula is C17H16FN3O4S2. The van der Waals surface area contributed by atoms with Gasteiger partial charge in [-0.2, -0.15) is 8.42 Å². The second-order valence-corrected chi connectivity index (χ2v) is 7.97. The SMILES string of the molecule is CCOc1ccc(NC(=O)CSC2=NS(=O)(=O)c3cc(F)ccc3N2)cc1. The largest absolute Gasteiger partial charge is 0.494 e. The van der Waals surface area contributed by atoms with Crippen LogP contribution in [0.5, 0.6) is 5.75 Å². The molecule has 27 heavy (non-hydrogen) atoms. The summed E-state index contributed by atoms with van der Waals surface area (Å²) in [5, 5.41) is 5.54. The van der Waals surface area contributed by atoms with Crippen molar-refractivity contribution < 1.29 is 22.3 Å². The number of carbonyl (C=O) groups is 1. The van der Waals surface area contributed by atoms with Crippen LogP contribution in [0.25, 0.3) is 0 Å². The van der Waals surface area contributed by atoms with Crippen molar-refractivity contribution in [3.63, 3.8) is 0 Å². The predicted molar refractivity (Wildman–Crippen MR) is 103 cm³/mol. The van der Waals surface area contributed by atoms with Gasteiger partial charge in [0.05, 0.1) is 18.0 Å². The zero-order chi connectivity index (χ0) is 19.4. The molecule has 0 atom stereocenters. The van der Waals surface area contributed by atoms with Gasteiger partial charge in [-0.15, -0.1) is 4.40 Å². The third-order valence-electron chi connectivity index (χ3n) is 3.46. The van der Waals surface area contributed by atoms with E-state index >= 15 is 0 Å². The van der Waals surface area contributed by atoms with Crippen LogP contribution >= 0.6 is 11.8 Å². The van der Waals surface area contributed by atoms with Gasteiger partial charge >= 0.3 is 0 Å². The maximum Gasteiger partial charge on any atom is 0.286 e. The Hall–Kier alpha value is -2.59. The summed E-state index contributed by atoms with van der Waals surface area (Å²) in [5.41, 5.74) is 0.817. The van der Waals surface area contributed by atoms with Gasteiger partial charge < -0.3 is 15.4 Å². The molecule has 142 valence electrons. The van der Waals surface area contributed by atoms with Gasteiger partial charge in [0.1, 0.15) is 16.5 Å². The van der Waals surface area contributed by atoms with Crippen LogP contribution in [0.4, 0.5) is 15.8 Å². The number of amidine groups is 1. The molecule has 0 unspecified atom stereocenters. The van der Waals surface area contributed by atoms with Crippen molar-refractivity contribution in [3.8, 4) is 5.75 Å². The average Bonchev–Trinajstić information content (AvgIpc) is 2.62. The summed E-state index contributed by atoms with van der Waals surface area (Å²) in [7, 11) is -4.01. The number of carbonyl (C=O) groups excluding carboxylic acids is 1. The molecule has 0 aliphatic carbocycles. The van der Waals surface area contributed by atoms with E-state index in [0.717, 1.165) is 23.9 Å². The van der Waals surface area contributed by atoms with Crippen LogP contribution in [0.2, 0.25) is 0 Å². The van der Waals surface area contributed by atoms with Gasteiger partial charge in [0.15, 0.2) is 5.17 Å². The Labute approximate surface area is 160 Å². The number of fused-ring (bicyclic) bond motifs is 1. The fourth-order valence-electron chi connectivity index (χ4n) is 2.30. The Bertz CT molecular complexity index is 992. The predicted octanol–water partition coefficient (Wildman–Crippen LogP) is 3.07. The summed E-state index contributed by atoms with van der Waals surface area (Å²) in [6.45, 7) is 2.43. The summed E-state index contributed by atoms with van der Waals surface area (Å²) in [6, 6.07) is 10.3. The van der Waals surface area contributed by atoms with Crippen molar-refractivity contribution in [2.45, 2.75) is 11.8 Å². The van der Waals surface area contributed by atoms with E-state index in [1.165, 1.54) is 6.07 Å². The second kappa shape index (κ2) is 7.97. The molecule has 0 radical (unpaired) electrons. The Balaban J connectivity index is 1.61. The molecule has 1 amide bonds. The normalized spacial score (nSPS) is 14.5. The van der Waals surface area contributed by atoms with E-state index < -0.39 is 15.8 Å². The summed E-state index contributed by atoms with van der Waals surface area (Å²) in [4.78, 5) is 11.8. The molecule has 1 aliphatic rings. The molecule has 2 aromatic rings. The fourth-order valence-corrected chi connectivity index (χ4v) is 4.35. The van der Waals surface area contributed by atoms with Gasteiger partial charge in [0, 0.05) is 5.69 Å². The Morgan fingerprint density at radius 2 is 2.00 bits per heavy atom. The van der Waals surface area contributed by atoms with Crippen LogP contribution in [-0.2, 0) is 14.8 Å². The molecule has 1 heterocycles. The summed E-state index contributed by atoms with van der Waals surface area (Å²) in [6.07, 6.45) is 0. The van der Waals surface area contributed by atoms with Crippen molar-refractivity contribution >= 4 is 44.2 Å². The van der Waals surface area contributed by atoms with E-state index in [2.05, 4.69) is 15.0 Å². The van der Waals surface area contributed by atoms with Crippen molar-refractivity contribution in [2.24, 2.45) is 4.40 Å². The standard InChI is InChI=1S/C17H16FN3O4S2/c1-2-25-13-6-4-12(5-7-13)19-16(22)10-26-17-20-14-8-3-11(18)9-15(14)27(23,24)21-17/h3-9H,2,10H2,1H3,(H,19,22)(H,20,21). The minimum Gasteiger partial charge on any atom is -0.494 e. The lowest BCUT2D eigenvalue weighted by molar-refractivity contribution is -0.113. The van der Waals surface area contributed by atoms with Gasteiger partial charge in [0.2, 0.25) is 5.91 Å². The van der Waals surface area contributed by atoms with Gasteiger partial charge in [0.25, 0.3) is 10.0 Å². The molecule has 0 bridgehead atoms. The van der Waals surface area contributed by atoms with E-state index in [1.54, 1.807) is 24.3 Å². The lowest BCUT2D eigenvalue weighted by Crippen LogP contribution is -2.22. The quantitative estimate of drug-likeness (QED) is 0.788. The van der Waals surface area contributed by atoms with E-state index in [1.807, 2.05) is 6.92 Å². The summed E-state index contributed by atoms with van der Waals surface area (Å²) >= 11 is 0.935. The molecule has 1 aliphatic heterocycles. The van der Waals surface area contributed by atoms with Crippen molar-refractivity contribution in [3.05, 3.63) is 48.3 Å². The lowest BCUT2D eigenvalue weighted by Gasteiger charge is -2.17. The molecule has 3 rings (SSSR count). The molecule has 0 fully saturated rings. The minimum atomic E-state index is -4.01. The number of halogens is 1. The highest BCUT2D eigenvalue weighted by atomic mass is 32.2. The highest BCUT2D eigenvalue weighted by molar-refractivity contribution is 8.15. The first-order valence-electron chi connectivity index (χ1n) is 7.94. The third-order valence-corrected chi connectivity index (χ3v) is 5.76. The molecular weight excluding hydrogens is 393 g/mol. The number of hydrogen-bond donors (Lipinski definition) is 2. The number of sulfonamides is 1. The third kappa shape index (κ3) is 4.77. The van der Waals surface area contributed by atoms with Crippen LogP contribution in [0.1, 0.15) is 6.92 Å². The Morgan fingerprint density at radius 3 is 2.70 bits per heavy atom. The molecule has 0 spiro atoms. The van der Waals surface area contributed by atoms with Crippen LogP contribution in [0.15, 0.2) is 51.8 Å². The van der Waals surface area contributed by atoms with E-state index in [0.29, 0.717) is 18.0 Å². The molecule has 7 nitrogen and oxygen atoms in total. The minimum absolute atomic E-state index is 0.0505. The number of nitrogens with one attached hydrogen (secondary N) is 2. The average molecular weight is 409 g/mol. The Kier molecular flexibility index (Phi) is 5.66. The smallest absolute Gasteiger partial charge is 0.286 e. The Morgan fingerprint density at radius 1 is 1.26 bits per heavy atom. The van der Waals surface area contributed by atoms with Gasteiger partial charge in [-0.3, -0.25) is 4.79 Å². The first-order chi connectivity index (χ1) is 12.9. The summed E-state index contributed by atoms with van der Waals surface area (Å²) < 4.78 is 46.4. The highest BCUT2D eigenvalue weighted by Crippen LogP contribution is 2.30. The van der Waals surface area contributed by atoms with Crippen LogP contribution in [-0.4, -0.2) is 31.9 Å². The van der Waals surface area contributed by atoms with Gasteiger partial charge in [-0.25, -0.2) is 4.39 Å². The number of benzene rings is 2. The maximum atomic E-state index is 13.3. The number of thioether (sulfide) groups is 1. The monoisotopic (exact) mass is 409 g/mol. The van der Waals surface area contributed by atoms with Crippen LogP contribution in [0.3, 0.4) is 0 Å². The molecule has 2 N–H and O–H groups in total. The molecule has 0 saturated carbocycles. The van der Waals surface area contributed by atoms with E-state index in [9.17, 15) is 17.6 Å². The fraction of sp³-hybridized carbons (Fsp3) is 0.176. The first-order valence-corrected chi connectivity index (χ1v) is 10.4. The number of rotatable bonds is 5. The molecule has 0 aromatic heterocycles. The topological polar surface area (TPSA) is 96.9 Å². The lowest BCUT2D eigenvalue weighted by atomic mass is 10.3. The van der Waals surface area contributed by atoms with Crippen molar-refractivity contribution in [1.29, 1.82) is 0 Å². The summed E-state index contributed by atoms with van der Waals surface area (Å²) in [5.74, 6) is -0.340. The first kappa shape index (κ1) is 19.2. The van der Waals surface area contributed by atoms with Crippen LogP contribution < -0.4 is 15.4 Å². The van der Waals surface area contributed by atoms with Gasteiger partial charge in [-0.1, -0.05) is 11.8 Å². The maximum absolute atomic E-state index is 13.3. The van der Waals surface area contributed by atoms with E-state index in [4.69, 9.17) is 4.74 Å². The van der Waals surface area contributed by atoms with Crippen molar-refractivity contribution in [1.82, 2.24) is 0 Å². The number of ether oxygens (including phenoxy) is 1. The second-order valence-electron chi connectivity index (χ2n) is 5.43. The van der Waals surface area contributed by atoms with Gasteiger partial charge in [-0.05, 0) is 49.4 Å². The van der Waals surface area contributed by atoms with Crippen LogP contribution in [0, 0.1) is 5.82 Å². The zero-order valence-corrected chi connectivity index (χ0v) is 15.9. The number of anilines is 2. The highest BCUT2D eigenvalue weighted by Gasteiger charge is 2.26. The molecule has 0 saturated heterocycles. The van der Waals surface area contributed by atoms with Crippen molar-refractivity contribution in [2.75, 3.05) is 23.0 Å². The number of hydrogen-bond acceptors (Lipinski definition) is 6. The molecule has 10 heteroatoms. The van der Waals surface area contributed by atoms with E-state index in [-0.39, 0.29) is 27.4 Å².